The third-order valence-electron chi connectivity index (χ3n) is 3.06. The number of carbonyl (C=O) groups is 1. The number of carboxylic acids is 1. The van der Waals surface area contributed by atoms with Gasteiger partial charge in [-0.2, -0.15) is 15.0 Å². The molecule has 0 radical (unpaired) electrons. The van der Waals surface area contributed by atoms with E-state index in [1.165, 1.54) is 0 Å². The zero-order valence-corrected chi connectivity index (χ0v) is 11.3. The predicted octanol–water partition coefficient (Wildman–Crippen LogP) is 2.33. The van der Waals surface area contributed by atoms with E-state index < -0.39 is 11.4 Å². The Morgan fingerprint density at radius 2 is 2.16 bits per heavy atom. The molecule has 2 rings (SSSR count). The van der Waals surface area contributed by atoms with Crippen molar-refractivity contribution in [2.45, 2.75) is 32.6 Å². The average Bonchev–Trinajstić information content (AvgIpc) is 2.74. The highest BCUT2D eigenvalue weighted by atomic mass is 16.4. The summed E-state index contributed by atoms with van der Waals surface area (Å²) in [6, 6.07) is 7.66. The molecule has 0 amide bonds. The standard InChI is InChI=1S/C14H17N3O2/c1-10-9-15-17(16-10)12-6-4-5-11(7-12)14(2,3)8-13(18)19/h4-7,9H,8H2,1-3H3,(H,18,19). The van der Waals surface area contributed by atoms with Crippen molar-refractivity contribution >= 4 is 5.97 Å². The summed E-state index contributed by atoms with van der Waals surface area (Å²) in [5.74, 6) is -0.802. The van der Waals surface area contributed by atoms with E-state index in [-0.39, 0.29) is 6.42 Å². The molecule has 0 aliphatic carbocycles. The molecule has 19 heavy (non-hydrogen) atoms. The summed E-state index contributed by atoms with van der Waals surface area (Å²) in [5.41, 5.74) is 2.21. The molecule has 0 aliphatic rings. The lowest BCUT2D eigenvalue weighted by Gasteiger charge is -2.23. The Bertz CT molecular complexity index is 602. The maximum absolute atomic E-state index is 10.9. The normalized spacial score (nSPS) is 11.5. The smallest absolute Gasteiger partial charge is 0.304 e. The second kappa shape index (κ2) is 4.84. The van der Waals surface area contributed by atoms with E-state index in [0.29, 0.717) is 0 Å². The molecule has 100 valence electrons. The van der Waals surface area contributed by atoms with Crippen LogP contribution in [0.1, 0.15) is 31.5 Å². The Balaban J connectivity index is 2.36. The number of hydrogen-bond donors (Lipinski definition) is 1. The molecule has 0 atom stereocenters. The van der Waals surface area contributed by atoms with Gasteiger partial charge in [0.25, 0.3) is 0 Å². The van der Waals surface area contributed by atoms with Gasteiger partial charge in [0.15, 0.2) is 0 Å². The summed E-state index contributed by atoms with van der Waals surface area (Å²) >= 11 is 0. The number of hydrogen-bond acceptors (Lipinski definition) is 3. The molecule has 0 saturated heterocycles. The van der Waals surface area contributed by atoms with Crippen LogP contribution in [-0.2, 0) is 10.2 Å². The molecule has 1 aromatic carbocycles. The van der Waals surface area contributed by atoms with Crippen LogP contribution in [0.15, 0.2) is 30.5 Å². The quantitative estimate of drug-likeness (QED) is 0.915. The molecular weight excluding hydrogens is 242 g/mol. The van der Waals surface area contributed by atoms with Gasteiger partial charge in [-0.15, -0.1) is 0 Å². The first-order valence-electron chi connectivity index (χ1n) is 6.10. The summed E-state index contributed by atoms with van der Waals surface area (Å²) in [7, 11) is 0. The van der Waals surface area contributed by atoms with Crippen LogP contribution in [0.4, 0.5) is 0 Å². The van der Waals surface area contributed by atoms with Crippen molar-refractivity contribution in [2.75, 3.05) is 0 Å². The molecule has 0 spiro atoms. The Hall–Kier alpha value is -2.17. The molecule has 2 aromatic rings. The van der Waals surface area contributed by atoms with E-state index in [0.717, 1.165) is 16.9 Å². The predicted molar refractivity (Wildman–Crippen MR) is 71.4 cm³/mol. The van der Waals surface area contributed by atoms with E-state index in [1.54, 1.807) is 11.0 Å². The summed E-state index contributed by atoms with van der Waals surface area (Å²) in [4.78, 5) is 12.5. The van der Waals surface area contributed by atoms with Gasteiger partial charge in [-0.05, 0) is 24.6 Å². The molecule has 1 heterocycles. The minimum atomic E-state index is -0.802. The van der Waals surface area contributed by atoms with Gasteiger partial charge in [-0.1, -0.05) is 26.0 Å². The van der Waals surface area contributed by atoms with Crippen LogP contribution in [0.25, 0.3) is 5.69 Å². The molecule has 0 saturated carbocycles. The topological polar surface area (TPSA) is 68.0 Å². The van der Waals surface area contributed by atoms with Gasteiger partial charge < -0.3 is 5.11 Å². The second-order valence-electron chi connectivity index (χ2n) is 5.28. The fourth-order valence-electron chi connectivity index (χ4n) is 2.00. The number of aryl methyl sites for hydroxylation is 1. The van der Waals surface area contributed by atoms with Crippen LogP contribution in [0, 0.1) is 6.92 Å². The maximum Gasteiger partial charge on any atom is 0.304 e. The lowest BCUT2D eigenvalue weighted by molar-refractivity contribution is -0.138. The van der Waals surface area contributed by atoms with Gasteiger partial charge in [0.2, 0.25) is 0 Å². The van der Waals surface area contributed by atoms with Crippen molar-refractivity contribution in [3.8, 4) is 5.69 Å². The molecule has 0 aliphatic heterocycles. The SMILES string of the molecule is Cc1cnn(-c2cccc(C(C)(C)CC(=O)O)c2)n1. The number of aliphatic carboxylic acids is 1. The second-order valence-corrected chi connectivity index (χ2v) is 5.28. The molecular formula is C14H17N3O2. The summed E-state index contributed by atoms with van der Waals surface area (Å²) < 4.78 is 0. The molecule has 5 nitrogen and oxygen atoms in total. The van der Waals surface area contributed by atoms with Gasteiger partial charge in [-0.3, -0.25) is 4.79 Å². The van der Waals surface area contributed by atoms with E-state index in [9.17, 15) is 4.79 Å². The molecule has 1 N–H and O–H groups in total. The van der Waals surface area contributed by atoms with Crippen LogP contribution >= 0.6 is 0 Å². The number of benzene rings is 1. The lowest BCUT2D eigenvalue weighted by atomic mass is 9.81. The molecule has 1 aromatic heterocycles. The Kier molecular flexibility index (Phi) is 3.38. The van der Waals surface area contributed by atoms with Gasteiger partial charge >= 0.3 is 5.97 Å². The third-order valence-corrected chi connectivity index (χ3v) is 3.06. The minimum Gasteiger partial charge on any atom is -0.481 e. The van der Waals surface area contributed by atoms with E-state index in [2.05, 4.69) is 10.2 Å². The number of aromatic nitrogens is 3. The average molecular weight is 259 g/mol. The van der Waals surface area contributed by atoms with Crippen molar-refractivity contribution in [1.29, 1.82) is 0 Å². The van der Waals surface area contributed by atoms with Gasteiger partial charge in [0.05, 0.1) is 24.0 Å². The number of rotatable bonds is 4. The van der Waals surface area contributed by atoms with Crippen LogP contribution in [0.5, 0.6) is 0 Å². The Labute approximate surface area is 111 Å². The maximum atomic E-state index is 10.9. The largest absolute Gasteiger partial charge is 0.481 e. The highest BCUT2D eigenvalue weighted by Gasteiger charge is 2.24. The van der Waals surface area contributed by atoms with Crippen molar-refractivity contribution in [1.82, 2.24) is 15.0 Å². The van der Waals surface area contributed by atoms with Gasteiger partial charge in [0.1, 0.15) is 0 Å². The van der Waals surface area contributed by atoms with E-state index in [4.69, 9.17) is 5.11 Å². The first kappa shape index (κ1) is 13.3. The van der Waals surface area contributed by atoms with Crippen LogP contribution in [0.3, 0.4) is 0 Å². The Morgan fingerprint density at radius 3 is 2.74 bits per heavy atom. The first-order chi connectivity index (χ1) is 8.88. The lowest BCUT2D eigenvalue weighted by Crippen LogP contribution is -2.21. The van der Waals surface area contributed by atoms with Crippen molar-refractivity contribution in [2.24, 2.45) is 0 Å². The monoisotopic (exact) mass is 259 g/mol. The summed E-state index contributed by atoms with van der Waals surface area (Å²) in [6.45, 7) is 5.71. The zero-order chi connectivity index (χ0) is 14.0. The Morgan fingerprint density at radius 1 is 1.42 bits per heavy atom. The van der Waals surface area contributed by atoms with Crippen molar-refractivity contribution in [3.63, 3.8) is 0 Å². The highest BCUT2D eigenvalue weighted by molar-refractivity contribution is 5.69. The van der Waals surface area contributed by atoms with E-state index >= 15 is 0 Å². The number of nitrogens with zero attached hydrogens (tertiary/aromatic N) is 3. The summed E-state index contributed by atoms with van der Waals surface area (Å²) in [6.07, 6.45) is 1.77. The van der Waals surface area contributed by atoms with Gasteiger partial charge in [0, 0.05) is 5.41 Å². The van der Waals surface area contributed by atoms with Crippen LogP contribution in [-0.4, -0.2) is 26.1 Å². The van der Waals surface area contributed by atoms with E-state index in [1.807, 2.05) is 45.0 Å². The van der Waals surface area contributed by atoms with Crippen molar-refractivity contribution in [3.05, 3.63) is 41.7 Å². The molecule has 0 fully saturated rings. The fourth-order valence-corrected chi connectivity index (χ4v) is 2.00. The van der Waals surface area contributed by atoms with Crippen LogP contribution in [0.2, 0.25) is 0 Å². The summed E-state index contributed by atoms with van der Waals surface area (Å²) in [5, 5.41) is 17.4. The molecule has 0 bridgehead atoms. The number of carboxylic acid groups (broad SMARTS) is 1. The zero-order valence-electron chi connectivity index (χ0n) is 11.3. The fraction of sp³-hybridized carbons (Fsp3) is 0.357. The minimum absolute atomic E-state index is 0.0853. The van der Waals surface area contributed by atoms with Crippen LogP contribution < -0.4 is 0 Å². The van der Waals surface area contributed by atoms with Crippen molar-refractivity contribution < 1.29 is 9.90 Å². The highest BCUT2D eigenvalue weighted by Crippen LogP contribution is 2.28. The first-order valence-corrected chi connectivity index (χ1v) is 6.10. The van der Waals surface area contributed by atoms with Gasteiger partial charge in [-0.25, -0.2) is 0 Å². The molecule has 0 unspecified atom stereocenters. The molecule has 5 heteroatoms. The third kappa shape index (κ3) is 2.99.